The second-order valence-electron chi connectivity index (χ2n) is 9.32. The number of piperidine rings is 1. The summed E-state index contributed by atoms with van der Waals surface area (Å²) in [7, 11) is 0. The number of pyridine rings is 1. The lowest BCUT2D eigenvalue weighted by Gasteiger charge is -2.31. The highest BCUT2D eigenvalue weighted by atomic mass is 35.5. The summed E-state index contributed by atoms with van der Waals surface area (Å²) in [5.41, 5.74) is 1.24. The maximum absolute atomic E-state index is 13.1. The number of aromatic nitrogens is 2. The summed E-state index contributed by atoms with van der Waals surface area (Å²) in [5, 5.41) is 8.20. The third kappa shape index (κ3) is 5.34. The van der Waals surface area contributed by atoms with Crippen LogP contribution in [-0.2, 0) is 16.2 Å². The van der Waals surface area contributed by atoms with Crippen LogP contribution in [0.4, 0.5) is 8.78 Å². The molecule has 0 bridgehead atoms. The Morgan fingerprint density at radius 1 is 1.18 bits per heavy atom. The number of halogens is 4. The number of amides is 1. The second kappa shape index (κ2) is 11.1. The molecule has 1 aromatic carbocycles. The molecule has 0 saturated carbocycles. The van der Waals surface area contributed by atoms with Gasteiger partial charge in [-0.25, -0.2) is 13.8 Å². The topological polar surface area (TPSA) is 76.8 Å². The highest BCUT2D eigenvalue weighted by Crippen LogP contribution is 2.39. The van der Waals surface area contributed by atoms with Crippen molar-refractivity contribution in [2.45, 2.75) is 51.2 Å². The summed E-state index contributed by atoms with van der Waals surface area (Å²) < 4.78 is 27.4. The van der Waals surface area contributed by atoms with Crippen molar-refractivity contribution in [1.82, 2.24) is 14.5 Å². The molecule has 4 heterocycles. The molecule has 1 unspecified atom stereocenters. The van der Waals surface area contributed by atoms with Crippen molar-refractivity contribution in [1.29, 1.82) is 0 Å². The van der Waals surface area contributed by atoms with Crippen molar-refractivity contribution in [3.63, 3.8) is 0 Å². The first-order valence-corrected chi connectivity index (χ1v) is 13.7. The molecule has 2 aliphatic rings. The van der Waals surface area contributed by atoms with Crippen LogP contribution in [-0.4, -0.2) is 39.2 Å². The van der Waals surface area contributed by atoms with Crippen LogP contribution in [0, 0.1) is 6.92 Å². The summed E-state index contributed by atoms with van der Waals surface area (Å²) in [5.74, 6) is -0.0808. The molecule has 38 heavy (non-hydrogen) atoms. The first-order chi connectivity index (χ1) is 18.2. The van der Waals surface area contributed by atoms with Gasteiger partial charge in [-0.15, -0.1) is 11.3 Å². The van der Waals surface area contributed by atoms with Crippen LogP contribution in [0.3, 0.4) is 0 Å². The molecule has 0 spiro atoms. The smallest absolute Gasteiger partial charge is 0.269 e. The number of oxime groups is 1. The Balaban J connectivity index is 1.19. The third-order valence-corrected chi connectivity index (χ3v) is 8.62. The number of alkyl halides is 2. The quantitative estimate of drug-likeness (QED) is 0.351. The van der Waals surface area contributed by atoms with Crippen LogP contribution in [0.2, 0.25) is 10.0 Å². The number of benzene rings is 1. The van der Waals surface area contributed by atoms with Gasteiger partial charge in [0.05, 0.1) is 16.3 Å². The van der Waals surface area contributed by atoms with Gasteiger partial charge in [-0.1, -0.05) is 34.4 Å². The fraction of sp³-hybridized carbons (Fsp3) is 0.385. The monoisotopic (exact) mass is 580 g/mol. The molecule has 2 aliphatic heterocycles. The van der Waals surface area contributed by atoms with Gasteiger partial charge in [-0.3, -0.25) is 9.59 Å². The van der Waals surface area contributed by atoms with Gasteiger partial charge in [0.15, 0.2) is 6.10 Å². The number of thiazole rings is 1. The van der Waals surface area contributed by atoms with Gasteiger partial charge in [0.2, 0.25) is 5.91 Å². The molecule has 12 heteroatoms. The van der Waals surface area contributed by atoms with Crippen molar-refractivity contribution in [3.8, 4) is 0 Å². The zero-order valence-corrected chi connectivity index (χ0v) is 22.7. The Hall–Kier alpha value is -2.82. The standard InChI is InChI=1S/C26H24Cl2F2N4O3S/c1-14-5-6-16(24(29)30)26(36)34(14)12-22(35)33-9-7-15(8-10-33)25-31-20(13-38-25)19-11-21(37-32-19)23-17(27)3-2-4-18(23)28/h2-6,13,15,21,24H,7-12H2,1H3. The van der Waals surface area contributed by atoms with Crippen LogP contribution in [0.5, 0.6) is 0 Å². The highest BCUT2D eigenvalue weighted by Gasteiger charge is 2.31. The van der Waals surface area contributed by atoms with Gasteiger partial charge in [0.25, 0.3) is 12.0 Å². The zero-order chi connectivity index (χ0) is 27.0. The molecule has 1 fully saturated rings. The second-order valence-corrected chi connectivity index (χ2v) is 11.0. The van der Waals surface area contributed by atoms with Gasteiger partial charge in [0, 0.05) is 52.1 Å². The van der Waals surface area contributed by atoms with Crippen LogP contribution < -0.4 is 5.56 Å². The molecule has 0 aliphatic carbocycles. The van der Waals surface area contributed by atoms with Crippen molar-refractivity contribution >= 4 is 46.2 Å². The normalized spacial score (nSPS) is 18.1. The highest BCUT2D eigenvalue weighted by molar-refractivity contribution is 7.10. The van der Waals surface area contributed by atoms with E-state index in [1.54, 1.807) is 41.4 Å². The van der Waals surface area contributed by atoms with E-state index in [1.165, 1.54) is 6.07 Å². The first-order valence-electron chi connectivity index (χ1n) is 12.1. The van der Waals surface area contributed by atoms with Gasteiger partial charge in [0.1, 0.15) is 12.3 Å². The zero-order valence-electron chi connectivity index (χ0n) is 20.4. The summed E-state index contributed by atoms with van der Waals surface area (Å²) >= 11 is 14.2. The molecule has 1 saturated heterocycles. The number of hydrogen-bond acceptors (Lipinski definition) is 6. The lowest BCUT2D eigenvalue weighted by Crippen LogP contribution is -2.41. The lowest BCUT2D eigenvalue weighted by molar-refractivity contribution is -0.133. The van der Waals surface area contributed by atoms with E-state index in [0.29, 0.717) is 53.7 Å². The van der Waals surface area contributed by atoms with E-state index in [1.807, 2.05) is 5.38 Å². The molecule has 5 rings (SSSR count). The minimum atomic E-state index is -2.88. The Morgan fingerprint density at radius 3 is 2.58 bits per heavy atom. The Bertz CT molecular complexity index is 1430. The molecular formula is C26H24Cl2F2N4O3S. The van der Waals surface area contributed by atoms with Crippen molar-refractivity contribution < 1.29 is 18.4 Å². The van der Waals surface area contributed by atoms with E-state index >= 15 is 0 Å². The Morgan fingerprint density at radius 2 is 1.89 bits per heavy atom. The molecule has 1 atom stereocenters. The number of rotatable bonds is 6. The molecule has 3 aromatic rings. The minimum absolute atomic E-state index is 0.182. The van der Waals surface area contributed by atoms with Crippen molar-refractivity contribution in [2.75, 3.05) is 13.1 Å². The molecule has 2 aromatic heterocycles. The average molecular weight is 581 g/mol. The average Bonchev–Trinajstić information content (AvgIpc) is 3.56. The number of hydrogen-bond donors (Lipinski definition) is 0. The first kappa shape index (κ1) is 26.8. The van der Waals surface area contributed by atoms with Crippen LogP contribution in [0.1, 0.15) is 65.2 Å². The van der Waals surface area contributed by atoms with Gasteiger partial charge in [-0.05, 0) is 44.0 Å². The minimum Gasteiger partial charge on any atom is -0.387 e. The number of nitrogens with zero attached hydrogens (tertiary/aromatic N) is 4. The predicted molar refractivity (Wildman–Crippen MR) is 143 cm³/mol. The van der Waals surface area contributed by atoms with Gasteiger partial charge in [-0.2, -0.15) is 0 Å². The van der Waals surface area contributed by atoms with Crippen molar-refractivity contribution in [3.05, 3.63) is 83.6 Å². The largest absolute Gasteiger partial charge is 0.387 e. The third-order valence-electron chi connectivity index (χ3n) is 6.96. The van der Waals surface area contributed by atoms with E-state index < -0.39 is 17.5 Å². The van der Waals surface area contributed by atoms with Crippen LogP contribution >= 0.6 is 34.5 Å². The lowest BCUT2D eigenvalue weighted by atomic mass is 9.97. The molecular weight excluding hydrogens is 557 g/mol. The van der Waals surface area contributed by atoms with Gasteiger partial charge < -0.3 is 14.3 Å². The van der Waals surface area contributed by atoms with Crippen LogP contribution in [0.25, 0.3) is 0 Å². The van der Waals surface area contributed by atoms with E-state index in [2.05, 4.69) is 5.16 Å². The SMILES string of the molecule is Cc1ccc(C(F)F)c(=O)n1CC(=O)N1CCC(c2nc(C3=NOC(c4c(Cl)cccc4Cl)C3)cs2)CC1. The van der Waals surface area contributed by atoms with E-state index in [9.17, 15) is 18.4 Å². The maximum Gasteiger partial charge on any atom is 0.269 e. The summed E-state index contributed by atoms with van der Waals surface area (Å²) in [4.78, 5) is 37.4. The number of likely N-dealkylation sites (tertiary alicyclic amines) is 1. The number of aryl methyl sites for hydroxylation is 1. The maximum atomic E-state index is 13.1. The molecule has 7 nitrogen and oxygen atoms in total. The van der Waals surface area contributed by atoms with E-state index in [0.717, 1.165) is 27.0 Å². The number of carbonyl (C=O) groups excluding carboxylic acids is 1. The van der Waals surface area contributed by atoms with Crippen LogP contribution in [0.15, 0.2) is 45.7 Å². The molecule has 0 radical (unpaired) electrons. The summed E-state index contributed by atoms with van der Waals surface area (Å²) in [6.45, 7) is 2.37. The fourth-order valence-corrected chi connectivity index (χ4v) is 6.41. The summed E-state index contributed by atoms with van der Waals surface area (Å²) in [6.07, 6.45) is -1.33. The Kier molecular flexibility index (Phi) is 7.83. The Labute approximate surface area is 231 Å². The molecule has 1 amide bonds. The fourth-order valence-electron chi connectivity index (χ4n) is 4.77. The summed E-state index contributed by atoms with van der Waals surface area (Å²) in [6, 6.07) is 7.87. The van der Waals surface area contributed by atoms with Gasteiger partial charge >= 0.3 is 0 Å². The van der Waals surface area contributed by atoms with Crippen molar-refractivity contribution in [2.24, 2.45) is 5.16 Å². The molecule has 200 valence electrons. The van der Waals surface area contributed by atoms with E-state index in [4.69, 9.17) is 33.0 Å². The molecule has 0 N–H and O–H groups in total. The predicted octanol–water partition coefficient (Wildman–Crippen LogP) is 6.13. The van der Waals surface area contributed by atoms with E-state index in [-0.39, 0.29) is 24.5 Å². The number of carbonyl (C=O) groups is 1.